The quantitative estimate of drug-likeness (QED) is 0.365. The van der Waals surface area contributed by atoms with Crippen molar-refractivity contribution >= 4 is 23.5 Å². The molecule has 1 heterocycles. The highest BCUT2D eigenvalue weighted by molar-refractivity contribution is 6.21. The Morgan fingerprint density at radius 3 is 2.32 bits per heavy atom. The molecule has 0 saturated heterocycles. The summed E-state index contributed by atoms with van der Waals surface area (Å²) in [7, 11) is 1.27. The number of benzene rings is 2. The molecule has 8 nitrogen and oxygen atoms in total. The summed E-state index contributed by atoms with van der Waals surface area (Å²) in [5.41, 5.74) is 0.900. The maximum atomic E-state index is 12.4. The van der Waals surface area contributed by atoms with Gasteiger partial charge in [-0.2, -0.15) is 0 Å². The van der Waals surface area contributed by atoms with E-state index < -0.39 is 22.7 Å². The molecule has 0 bridgehead atoms. The zero-order chi connectivity index (χ0) is 18.1. The summed E-state index contributed by atoms with van der Waals surface area (Å²) in [6.07, 6.45) is 0. The van der Waals surface area contributed by atoms with E-state index in [1.807, 2.05) is 0 Å². The van der Waals surface area contributed by atoms with Crippen molar-refractivity contribution in [3.63, 3.8) is 0 Å². The average Bonchev–Trinajstić information content (AvgIpc) is 2.86. The van der Waals surface area contributed by atoms with Crippen LogP contribution in [0.1, 0.15) is 36.6 Å². The van der Waals surface area contributed by atoms with Crippen LogP contribution >= 0.6 is 0 Å². The van der Waals surface area contributed by atoms with E-state index in [1.54, 1.807) is 12.1 Å². The number of hydrogen-bond acceptors (Lipinski definition) is 6. The number of methoxy groups -OCH3 is 1. The summed E-state index contributed by atoms with van der Waals surface area (Å²) in [5, 5.41) is 10.8. The summed E-state index contributed by atoms with van der Waals surface area (Å²) >= 11 is 0. The van der Waals surface area contributed by atoms with Gasteiger partial charge in [-0.25, -0.2) is 4.79 Å². The van der Waals surface area contributed by atoms with Gasteiger partial charge in [-0.05, 0) is 23.8 Å². The van der Waals surface area contributed by atoms with E-state index in [0.29, 0.717) is 11.1 Å². The van der Waals surface area contributed by atoms with Crippen LogP contribution in [0.3, 0.4) is 0 Å². The van der Waals surface area contributed by atoms with Gasteiger partial charge in [-0.3, -0.25) is 24.6 Å². The van der Waals surface area contributed by atoms with Crippen molar-refractivity contribution in [3.05, 3.63) is 74.8 Å². The Labute approximate surface area is 141 Å². The number of rotatable bonds is 4. The molecule has 0 spiro atoms. The summed E-state index contributed by atoms with van der Waals surface area (Å²) in [5.74, 6) is -1.58. The third-order valence-corrected chi connectivity index (χ3v) is 3.88. The molecule has 1 aliphatic rings. The minimum Gasteiger partial charge on any atom is -0.465 e. The average molecular weight is 340 g/mol. The molecule has 0 aliphatic carbocycles. The molecular formula is C17H12N2O6. The molecule has 8 heteroatoms. The lowest BCUT2D eigenvalue weighted by Gasteiger charge is -2.14. The number of nitro benzene ring substituents is 1. The van der Waals surface area contributed by atoms with Gasteiger partial charge >= 0.3 is 5.97 Å². The summed E-state index contributed by atoms with van der Waals surface area (Å²) in [6, 6.07) is 9.87. The van der Waals surface area contributed by atoms with E-state index in [-0.39, 0.29) is 23.4 Å². The number of hydrogen-bond donors (Lipinski definition) is 0. The standard InChI is InChI=1S/C17H12N2O6/c1-25-17(22)11-4-2-10(3-5-11)9-18-15(20)13-7-6-12(19(23)24)8-14(13)16(18)21/h2-8H,9H2,1H3. The topological polar surface area (TPSA) is 107 Å². The van der Waals surface area contributed by atoms with Crippen LogP contribution in [0, 0.1) is 10.1 Å². The lowest BCUT2D eigenvalue weighted by molar-refractivity contribution is -0.384. The Morgan fingerprint density at radius 2 is 1.72 bits per heavy atom. The lowest BCUT2D eigenvalue weighted by Crippen LogP contribution is -2.29. The molecule has 0 aromatic heterocycles. The number of ether oxygens (including phenoxy) is 1. The maximum absolute atomic E-state index is 12.4. The number of nitrogens with zero attached hydrogens (tertiary/aromatic N) is 2. The Morgan fingerprint density at radius 1 is 1.08 bits per heavy atom. The predicted molar refractivity (Wildman–Crippen MR) is 85.1 cm³/mol. The zero-order valence-electron chi connectivity index (χ0n) is 13.1. The summed E-state index contributed by atoms with van der Waals surface area (Å²) in [6.45, 7) is 0.00158. The van der Waals surface area contributed by atoms with Crippen molar-refractivity contribution in [2.24, 2.45) is 0 Å². The second kappa shape index (κ2) is 6.16. The van der Waals surface area contributed by atoms with E-state index in [2.05, 4.69) is 4.74 Å². The second-order valence-electron chi connectivity index (χ2n) is 5.37. The van der Waals surface area contributed by atoms with Crippen LogP contribution in [-0.4, -0.2) is 34.7 Å². The first kappa shape index (κ1) is 16.3. The number of carbonyl (C=O) groups excluding carboxylic acids is 3. The number of imide groups is 1. The van der Waals surface area contributed by atoms with Crippen LogP contribution in [0.2, 0.25) is 0 Å². The Bertz CT molecular complexity index is 904. The van der Waals surface area contributed by atoms with E-state index >= 15 is 0 Å². The highest BCUT2D eigenvalue weighted by atomic mass is 16.6. The first-order chi connectivity index (χ1) is 11.9. The first-order valence-electron chi connectivity index (χ1n) is 7.24. The van der Waals surface area contributed by atoms with E-state index in [0.717, 1.165) is 11.0 Å². The van der Waals surface area contributed by atoms with Crippen molar-refractivity contribution in [2.75, 3.05) is 7.11 Å². The van der Waals surface area contributed by atoms with Gasteiger partial charge in [0.2, 0.25) is 0 Å². The van der Waals surface area contributed by atoms with Gasteiger partial charge in [-0.1, -0.05) is 12.1 Å². The molecule has 2 aromatic carbocycles. The van der Waals surface area contributed by atoms with Gasteiger partial charge in [0.1, 0.15) is 0 Å². The second-order valence-corrected chi connectivity index (χ2v) is 5.37. The van der Waals surface area contributed by atoms with Crippen molar-refractivity contribution < 1.29 is 24.0 Å². The molecule has 126 valence electrons. The van der Waals surface area contributed by atoms with Gasteiger partial charge in [0, 0.05) is 12.1 Å². The third-order valence-electron chi connectivity index (χ3n) is 3.88. The van der Waals surface area contributed by atoms with Gasteiger partial charge in [0.15, 0.2) is 0 Å². The Hall–Kier alpha value is -3.55. The van der Waals surface area contributed by atoms with Crippen molar-refractivity contribution in [1.82, 2.24) is 4.90 Å². The normalized spacial score (nSPS) is 12.9. The highest BCUT2D eigenvalue weighted by Gasteiger charge is 2.36. The lowest BCUT2D eigenvalue weighted by atomic mass is 10.1. The fourth-order valence-corrected chi connectivity index (χ4v) is 2.58. The van der Waals surface area contributed by atoms with Gasteiger partial charge in [0.05, 0.1) is 35.3 Å². The molecule has 0 atom stereocenters. The molecule has 0 N–H and O–H groups in total. The number of non-ortho nitro benzene ring substituents is 1. The molecule has 2 aromatic rings. The summed E-state index contributed by atoms with van der Waals surface area (Å²) in [4.78, 5) is 47.4. The minimum absolute atomic E-state index is 0.00158. The maximum Gasteiger partial charge on any atom is 0.337 e. The smallest absolute Gasteiger partial charge is 0.337 e. The summed E-state index contributed by atoms with van der Waals surface area (Å²) < 4.78 is 4.60. The van der Waals surface area contributed by atoms with E-state index in [1.165, 1.54) is 31.4 Å². The number of carbonyl (C=O) groups is 3. The van der Waals surface area contributed by atoms with Crippen molar-refractivity contribution in [2.45, 2.75) is 6.54 Å². The monoisotopic (exact) mass is 340 g/mol. The molecule has 0 fully saturated rings. The van der Waals surface area contributed by atoms with Crippen molar-refractivity contribution in [1.29, 1.82) is 0 Å². The van der Waals surface area contributed by atoms with Crippen LogP contribution in [0.4, 0.5) is 5.69 Å². The fourth-order valence-electron chi connectivity index (χ4n) is 2.58. The van der Waals surface area contributed by atoms with Crippen LogP contribution in [-0.2, 0) is 11.3 Å². The van der Waals surface area contributed by atoms with Crippen molar-refractivity contribution in [3.8, 4) is 0 Å². The number of fused-ring (bicyclic) bond motifs is 1. The molecule has 0 unspecified atom stereocenters. The van der Waals surface area contributed by atoms with E-state index in [9.17, 15) is 24.5 Å². The Balaban J connectivity index is 1.84. The molecular weight excluding hydrogens is 328 g/mol. The van der Waals surface area contributed by atoms with E-state index in [4.69, 9.17) is 0 Å². The molecule has 2 amide bonds. The van der Waals surface area contributed by atoms with Crippen LogP contribution in [0.15, 0.2) is 42.5 Å². The Kier molecular flexibility index (Phi) is 4.02. The first-order valence-corrected chi connectivity index (χ1v) is 7.24. The van der Waals surface area contributed by atoms with Gasteiger partial charge in [0.25, 0.3) is 17.5 Å². The number of amides is 2. The molecule has 0 saturated carbocycles. The van der Waals surface area contributed by atoms with Crippen LogP contribution < -0.4 is 0 Å². The fraction of sp³-hybridized carbons (Fsp3) is 0.118. The third kappa shape index (κ3) is 2.85. The molecule has 1 aliphatic heterocycles. The molecule has 3 rings (SSSR count). The number of esters is 1. The zero-order valence-corrected chi connectivity index (χ0v) is 13.1. The highest BCUT2D eigenvalue weighted by Crippen LogP contribution is 2.28. The predicted octanol–water partition coefficient (Wildman–Crippen LogP) is 2.18. The largest absolute Gasteiger partial charge is 0.465 e. The minimum atomic E-state index is -0.619. The van der Waals surface area contributed by atoms with Crippen LogP contribution in [0.5, 0.6) is 0 Å². The van der Waals surface area contributed by atoms with Gasteiger partial charge in [-0.15, -0.1) is 0 Å². The van der Waals surface area contributed by atoms with Gasteiger partial charge < -0.3 is 4.74 Å². The number of nitro groups is 1. The molecule has 25 heavy (non-hydrogen) atoms. The molecule has 0 radical (unpaired) electrons. The van der Waals surface area contributed by atoms with Crippen LogP contribution in [0.25, 0.3) is 0 Å². The SMILES string of the molecule is COC(=O)c1ccc(CN2C(=O)c3ccc([N+](=O)[O-])cc3C2=O)cc1.